The number of rotatable bonds is 7. The lowest BCUT2D eigenvalue weighted by Gasteiger charge is -2.36. The molecule has 25 heavy (non-hydrogen) atoms. The van der Waals surface area contributed by atoms with Gasteiger partial charge in [-0.2, -0.15) is 0 Å². The van der Waals surface area contributed by atoms with E-state index in [1.54, 1.807) is 0 Å². The van der Waals surface area contributed by atoms with Crippen molar-refractivity contribution in [3.05, 3.63) is 11.1 Å². The second-order valence-electron chi connectivity index (χ2n) is 5.72. The van der Waals surface area contributed by atoms with Gasteiger partial charge in [-0.1, -0.05) is 5.16 Å². The SMILES string of the molecule is CC(C)(ON=C(C(=O)NC1C(=O)NC1CN)c1csc(N)n1)C(=O)O. The molecule has 1 aromatic rings. The van der Waals surface area contributed by atoms with E-state index in [-0.39, 0.29) is 29.0 Å². The van der Waals surface area contributed by atoms with Crippen LogP contribution in [0.25, 0.3) is 0 Å². The number of nitrogens with zero attached hydrogens (tertiary/aromatic N) is 2. The number of aliphatic carboxylic acids is 1. The summed E-state index contributed by atoms with van der Waals surface area (Å²) in [6.07, 6.45) is 0. The fraction of sp³-hybridized carbons (Fsp3) is 0.462. The third kappa shape index (κ3) is 4.03. The minimum Gasteiger partial charge on any atom is -0.478 e. The molecule has 2 rings (SSSR count). The summed E-state index contributed by atoms with van der Waals surface area (Å²) in [6.45, 7) is 2.69. The van der Waals surface area contributed by atoms with Crippen LogP contribution in [-0.4, -0.2) is 57.8 Å². The van der Waals surface area contributed by atoms with Crippen molar-refractivity contribution in [3.8, 4) is 0 Å². The molecule has 0 saturated carbocycles. The van der Waals surface area contributed by atoms with Crippen molar-refractivity contribution in [3.63, 3.8) is 0 Å². The van der Waals surface area contributed by atoms with Gasteiger partial charge in [0.2, 0.25) is 11.5 Å². The number of hydrogen-bond donors (Lipinski definition) is 5. The molecule has 1 aliphatic rings. The molecule has 0 spiro atoms. The lowest BCUT2D eigenvalue weighted by Crippen LogP contribution is -2.71. The van der Waals surface area contributed by atoms with Gasteiger partial charge in [-0.05, 0) is 13.8 Å². The smallest absolute Gasteiger partial charge is 0.350 e. The van der Waals surface area contributed by atoms with Crippen LogP contribution in [0.5, 0.6) is 0 Å². The number of amides is 2. The van der Waals surface area contributed by atoms with Gasteiger partial charge in [0, 0.05) is 11.9 Å². The Morgan fingerprint density at radius 2 is 2.24 bits per heavy atom. The molecule has 0 radical (unpaired) electrons. The highest BCUT2D eigenvalue weighted by molar-refractivity contribution is 7.13. The quantitative estimate of drug-likeness (QED) is 0.213. The molecule has 136 valence electrons. The Morgan fingerprint density at radius 3 is 2.72 bits per heavy atom. The topological polar surface area (TPSA) is 182 Å². The normalized spacial score (nSPS) is 20.4. The van der Waals surface area contributed by atoms with Crippen LogP contribution in [0.4, 0.5) is 5.13 Å². The largest absolute Gasteiger partial charge is 0.478 e. The number of carboxylic acids is 1. The zero-order valence-corrected chi connectivity index (χ0v) is 14.3. The Labute approximate surface area is 146 Å². The Bertz CT molecular complexity index is 730. The molecule has 2 heterocycles. The van der Waals surface area contributed by atoms with E-state index in [0.29, 0.717) is 0 Å². The van der Waals surface area contributed by atoms with Crippen LogP contribution in [0.3, 0.4) is 0 Å². The second-order valence-corrected chi connectivity index (χ2v) is 6.61. The summed E-state index contributed by atoms with van der Waals surface area (Å²) >= 11 is 1.07. The van der Waals surface area contributed by atoms with Crippen LogP contribution in [0.15, 0.2) is 10.5 Å². The van der Waals surface area contributed by atoms with Gasteiger partial charge in [0.05, 0.1) is 6.04 Å². The van der Waals surface area contributed by atoms with Gasteiger partial charge in [0.25, 0.3) is 5.91 Å². The van der Waals surface area contributed by atoms with Crippen LogP contribution in [-0.2, 0) is 19.2 Å². The van der Waals surface area contributed by atoms with Crippen molar-refractivity contribution in [2.75, 3.05) is 12.3 Å². The molecule has 2 atom stereocenters. The van der Waals surface area contributed by atoms with Crippen molar-refractivity contribution >= 4 is 40.0 Å². The lowest BCUT2D eigenvalue weighted by molar-refractivity contribution is -0.161. The number of β-lactam (4-membered cyclic amide) rings is 1. The number of carbonyl (C=O) groups is 3. The summed E-state index contributed by atoms with van der Waals surface area (Å²) in [5, 5.41) is 19.4. The number of hydrogen-bond acceptors (Lipinski definition) is 9. The van der Waals surface area contributed by atoms with E-state index in [0.717, 1.165) is 11.3 Å². The van der Waals surface area contributed by atoms with Gasteiger partial charge in [0.15, 0.2) is 10.8 Å². The molecule has 11 nitrogen and oxygen atoms in total. The molecule has 7 N–H and O–H groups in total. The molecule has 0 aromatic carbocycles. The zero-order chi connectivity index (χ0) is 18.8. The summed E-state index contributed by atoms with van der Waals surface area (Å²) in [5.74, 6) is -2.41. The number of nitrogens with one attached hydrogen (secondary N) is 2. The molecule has 1 fully saturated rings. The molecule has 0 aliphatic carbocycles. The molecule has 1 aliphatic heterocycles. The minimum absolute atomic E-state index is 0.102. The van der Waals surface area contributed by atoms with Crippen LogP contribution >= 0.6 is 11.3 Å². The van der Waals surface area contributed by atoms with E-state index >= 15 is 0 Å². The molecule has 12 heteroatoms. The number of nitrogen functional groups attached to an aromatic ring is 1. The van der Waals surface area contributed by atoms with E-state index in [2.05, 4.69) is 20.8 Å². The van der Waals surface area contributed by atoms with Crippen molar-refractivity contribution in [1.29, 1.82) is 0 Å². The van der Waals surface area contributed by atoms with Gasteiger partial charge in [-0.25, -0.2) is 9.78 Å². The summed E-state index contributed by atoms with van der Waals surface area (Å²) < 4.78 is 0. The van der Waals surface area contributed by atoms with Crippen LogP contribution < -0.4 is 22.1 Å². The Morgan fingerprint density at radius 1 is 1.56 bits per heavy atom. The summed E-state index contributed by atoms with van der Waals surface area (Å²) in [6, 6.07) is -1.21. The van der Waals surface area contributed by atoms with Crippen molar-refractivity contribution in [2.45, 2.75) is 31.5 Å². The third-order valence-corrected chi connectivity index (χ3v) is 4.09. The third-order valence-electron chi connectivity index (χ3n) is 3.41. The van der Waals surface area contributed by atoms with Crippen molar-refractivity contribution in [1.82, 2.24) is 15.6 Å². The number of carboxylic acid groups (broad SMARTS) is 1. The molecule has 2 unspecified atom stereocenters. The Balaban J connectivity index is 2.24. The van der Waals surface area contributed by atoms with E-state index < -0.39 is 29.6 Å². The monoisotopic (exact) mass is 370 g/mol. The van der Waals surface area contributed by atoms with Gasteiger partial charge < -0.3 is 32.0 Å². The summed E-state index contributed by atoms with van der Waals surface area (Å²) in [5.41, 5.74) is 9.19. The first-order chi connectivity index (χ1) is 11.7. The molecular formula is C13H18N6O5S. The molecule has 2 amide bonds. The number of nitrogens with two attached hydrogens (primary N) is 2. The fourth-order valence-corrected chi connectivity index (χ4v) is 2.36. The lowest BCUT2D eigenvalue weighted by atomic mass is 9.99. The fourth-order valence-electron chi connectivity index (χ4n) is 1.81. The Hall–Kier alpha value is -2.73. The van der Waals surface area contributed by atoms with Crippen LogP contribution in [0.1, 0.15) is 19.5 Å². The van der Waals surface area contributed by atoms with E-state index in [4.69, 9.17) is 21.4 Å². The van der Waals surface area contributed by atoms with Crippen LogP contribution in [0, 0.1) is 0 Å². The van der Waals surface area contributed by atoms with Gasteiger partial charge in [-0.3, -0.25) is 9.59 Å². The molecule has 0 bridgehead atoms. The molecule has 1 aromatic heterocycles. The number of carbonyl (C=O) groups excluding carboxylic acids is 2. The minimum atomic E-state index is -1.67. The average molecular weight is 370 g/mol. The number of thiazole rings is 1. The van der Waals surface area contributed by atoms with Gasteiger partial charge in [-0.15, -0.1) is 11.3 Å². The summed E-state index contributed by atoms with van der Waals surface area (Å²) in [4.78, 5) is 44.0. The maximum atomic E-state index is 12.5. The van der Waals surface area contributed by atoms with Crippen molar-refractivity contribution < 1.29 is 24.3 Å². The zero-order valence-electron chi connectivity index (χ0n) is 13.5. The maximum absolute atomic E-state index is 12.5. The van der Waals surface area contributed by atoms with E-state index in [1.165, 1.54) is 19.2 Å². The first-order valence-electron chi connectivity index (χ1n) is 7.18. The number of anilines is 1. The van der Waals surface area contributed by atoms with Crippen molar-refractivity contribution in [2.24, 2.45) is 10.9 Å². The first-order valence-corrected chi connectivity index (χ1v) is 8.06. The second kappa shape index (κ2) is 7.03. The molecule has 1 saturated heterocycles. The average Bonchev–Trinajstić information content (AvgIpc) is 2.96. The Kier molecular flexibility index (Phi) is 5.23. The van der Waals surface area contributed by atoms with E-state index in [1.807, 2.05) is 0 Å². The highest BCUT2D eigenvalue weighted by Crippen LogP contribution is 2.16. The predicted octanol–water partition coefficient (Wildman–Crippen LogP) is -1.75. The number of oxime groups is 1. The first kappa shape index (κ1) is 18.6. The standard InChI is InChI=1S/C13H18N6O5S/c1-13(2,11(22)23)24-19-8(6-4-25-12(15)17-6)10(21)18-7-5(3-14)16-9(7)20/h4-5,7H,3,14H2,1-2H3,(H2,15,17)(H,16,20)(H,18,21)(H,22,23). The maximum Gasteiger partial charge on any atom is 0.350 e. The number of aromatic nitrogens is 1. The highest BCUT2D eigenvalue weighted by Gasteiger charge is 2.40. The molecular weight excluding hydrogens is 352 g/mol. The predicted molar refractivity (Wildman–Crippen MR) is 88.8 cm³/mol. The van der Waals surface area contributed by atoms with E-state index in [9.17, 15) is 14.4 Å². The highest BCUT2D eigenvalue weighted by atomic mass is 32.1. The van der Waals surface area contributed by atoms with Gasteiger partial charge >= 0.3 is 5.97 Å². The van der Waals surface area contributed by atoms with Crippen LogP contribution in [0.2, 0.25) is 0 Å². The van der Waals surface area contributed by atoms with Gasteiger partial charge in [0.1, 0.15) is 11.7 Å². The summed E-state index contributed by atoms with van der Waals surface area (Å²) in [7, 11) is 0.